The van der Waals surface area contributed by atoms with Crippen LogP contribution in [0, 0.1) is 5.82 Å². The molecule has 0 spiro atoms. The van der Waals surface area contributed by atoms with Gasteiger partial charge in [-0.2, -0.15) is 4.37 Å². The lowest BCUT2D eigenvalue weighted by molar-refractivity contribution is 0.628. The SMILES string of the molecule is CCNCc1cc(-c2ccc(F)cc2Cl)ns1. The fourth-order valence-corrected chi connectivity index (χ4v) is 2.43. The number of nitrogens with one attached hydrogen (secondary N) is 1. The molecule has 0 aliphatic carbocycles. The number of hydrogen-bond donors (Lipinski definition) is 1. The Bertz CT molecular complexity index is 513. The van der Waals surface area contributed by atoms with E-state index in [0.717, 1.165) is 29.2 Å². The van der Waals surface area contributed by atoms with Crippen LogP contribution in [0.5, 0.6) is 0 Å². The van der Waals surface area contributed by atoms with Crippen LogP contribution in [0.2, 0.25) is 5.02 Å². The summed E-state index contributed by atoms with van der Waals surface area (Å²) < 4.78 is 17.2. The van der Waals surface area contributed by atoms with Gasteiger partial charge in [0.05, 0.1) is 10.7 Å². The molecule has 1 aromatic heterocycles. The second-order valence-electron chi connectivity index (χ2n) is 3.58. The summed E-state index contributed by atoms with van der Waals surface area (Å²) in [6, 6.07) is 6.33. The molecule has 0 saturated heterocycles. The standard InChI is InChI=1S/C12H12ClFN2S/c1-2-15-7-9-6-12(16-17-9)10-4-3-8(14)5-11(10)13/h3-6,15H,2,7H2,1H3. The second kappa shape index (κ2) is 5.58. The fourth-order valence-electron chi connectivity index (χ4n) is 1.47. The minimum Gasteiger partial charge on any atom is -0.312 e. The number of nitrogens with zero attached hydrogens (tertiary/aromatic N) is 1. The van der Waals surface area contributed by atoms with E-state index in [1.54, 1.807) is 6.07 Å². The normalized spacial score (nSPS) is 10.8. The summed E-state index contributed by atoms with van der Waals surface area (Å²) in [6.45, 7) is 3.77. The molecule has 0 fully saturated rings. The zero-order valence-electron chi connectivity index (χ0n) is 9.34. The molecule has 2 aromatic rings. The highest BCUT2D eigenvalue weighted by Gasteiger charge is 2.08. The first-order chi connectivity index (χ1) is 8.20. The lowest BCUT2D eigenvalue weighted by Crippen LogP contribution is -2.10. The third-order valence-corrected chi connectivity index (χ3v) is 3.41. The molecule has 17 heavy (non-hydrogen) atoms. The van der Waals surface area contributed by atoms with Crippen molar-refractivity contribution in [2.45, 2.75) is 13.5 Å². The van der Waals surface area contributed by atoms with Gasteiger partial charge in [-0.25, -0.2) is 4.39 Å². The number of rotatable bonds is 4. The molecule has 2 nitrogen and oxygen atoms in total. The summed E-state index contributed by atoms with van der Waals surface area (Å²) in [5, 5.41) is 3.62. The highest BCUT2D eigenvalue weighted by molar-refractivity contribution is 7.06. The summed E-state index contributed by atoms with van der Waals surface area (Å²) in [7, 11) is 0. The van der Waals surface area contributed by atoms with Gasteiger partial charge in [-0.3, -0.25) is 0 Å². The van der Waals surface area contributed by atoms with Crippen LogP contribution in [0.15, 0.2) is 24.3 Å². The minimum absolute atomic E-state index is 0.332. The van der Waals surface area contributed by atoms with Crippen LogP contribution in [0.4, 0.5) is 4.39 Å². The molecule has 1 N–H and O–H groups in total. The molecule has 1 aromatic carbocycles. The zero-order valence-corrected chi connectivity index (χ0v) is 10.9. The minimum atomic E-state index is -0.332. The smallest absolute Gasteiger partial charge is 0.124 e. The van der Waals surface area contributed by atoms with Crippen LogP contribution < -0.4 is 5.32 Å². The highest BCUT2D eigenvalue weighted by atomic mass is 35.5. The van der Waals surface area contributed by atoms with Gasteiger partial charge < -0.3 is 5.32 Å². The Hall–Kier alpha value is -0.970. The molecule has 0 radical (unpaired) electrons. The van der Waals surface area contributed by atoms with Gasteiger partial charge in [-0.05, 0) is 42.3 Å². The van der Waals surface area contributed by atoms with Crippen molar-refractivity contribution < 1.29 is 4.39 Å². The van der Waals surface area contributed by atoms with E-state index < -0.39 is 0 Å². The third kappa shape index (κ3) is 3.03. The Kier molecular flexibility index (Phi) is 4.10. The van der Waals surface area contributed by atoms with E-state index in [9.17, 15) is 4.39 Å². The van der Waals surface area contributed by atoms with Crippen LogP contribution in [-0.2, 0) is 6.54 Å². The monoisotopic (exact) mass is 270 g/mol. The van der Waals surface area contributed by atoms with Crippen molar-refractivity contribution in [2.24, 2.45) is 0 Å². The summed E-state index contributed by atoms with van der Waals surface area (Å²) >= 11 is 7.42. The van der Waals surface area contributed by atoms with Crippen molar-refractivity contribution in [2.75, 3.05) is 6.54 Å². The van der Waals surface area contributed by atoms with Gasteiger partial charge >= 0.3 is 0 Å². The van der Waals surface area contributed by atoms with Crippen molar-refractivity contribution >= 4 is 23.1 Å². The Balaban J connectivity index is 2.24. The molecule has 1 heterocycles. The number of halogens is 2. The van der Waals surface area contributed by atoms with Crippen molar-refractivity contribution in [1.82, 2.24) is 9.69 Å². The van der Waals surface area contributed by atoms with Crippen LogP contribution in [0.25, 0.3) is 11.3 Å². The van der Waals surface area contributed by atoms with E-state index in [4.69, 9.17) is 11.6 Å². The van der Waals surface area contributed by atoms with Crippen LogP contribution >= 0.6 is 23.1 Å². The van der Waals surface area contributed by atoms with E-state index in [2.05, 4.69) is 16.6 Å². The Labute approximate surface area is 109 Å². The average molecular weight is 271 g/mol. The summed E-state index contributed by atoms with van der Waals surface area (Å²) in [5.41, 5.74) is 1.57. The summed E-state index contributed by atoms with van der Waals surface area (Å²) in [5.74, 6) is -0.332. The third-order valence-electron chi connectivity index (χ3n) is 2.32. The largest absolute Gasteiger partial charge is 0.312 e. The van der Waals surface area contributed by atoms with Gasteiger partial charge in [-0.1, -0.05) is 18.5 Å². The Morgan fingerprint density at radius 2 is 2.24 bits per heavy atom. The van der Waals surface area contributed by atoms with Crippen LogP contribution in [0.1, 0.15) is 11.8 Å². The molecule has 0 aliphatic rings. The molecule has 90 valence electrons. The van der Waals surface area contributed by atoms with Gasteiger partial charge in [0.1, 0.15) is 5.82 Å². The van der Waals surface area contributed by atoms with Crippen molar-refractivity contribution in [3.8, 4) is 11.3 Å². The van der Waals surface area contributed by atoms with Crippen molar-refractivity contribution in [3.63, 3.8) is 0 Å². The first kappa shape index (κ1) is 12.5. The molecule has 0 atom stereocenters. The predicted molar refractivity (Wildman–Crippen MR) is 69.9 cm³/mol. The number of aromatic nitrogens is 1. The topological polar surface area (TPSA) is 24.9 Å². The molecule has 0 unspecified atom stereocenters. The quantitative estimate of drug-likeness (QED) is 0.916. The van der Waals surface area contributed by atoms with Gasteiger partial charge in [0.15, 0.2) is 0 Å². The average Bonchev–Trinajstić information content (AvgIpc) is 2.75. The van der Waals surface area contributed by atoms with E-state index in [0.29, 0.717) is 5.02 Å². The van der Waals surface area contributed by atoms with E-state index in [1.807, 2.05) is 6.07 Å². The molecular weight excluding hydrogens is 259 g/mol. The maximum atomic E-state index is 12.9. The molecule has 0 saturated carbocycles. The number of hydrogen-bond acceptors (Lipinski definition) is 3. The zero-order chi connectivity index (χ0) is 12.3. The van der Waals surface area contributed by atoms with E-state index in [1.165, 1.54) is 23.7 Å². The van der Waals surface area contributed by atoms with E-state index >= 15 is 0 Å². The Morgan fingerprint density at radius 1 is 1.41 bits per heavy atom. The van der Waals surface area contributed by atoms with Gasteiger partial charge in [0.2, 0.25) is 0 Å². The van der Waals surface area contributed by atoms with E-state index in [-0.39, 0.29) is 5.82 Å². The van der Waals surface area contributed by atoms with Gasteiger partial charge in [0.25, 0.3) is 0 Å². The maximum Gasteiger partial charge on any atom is 0.124 e. The number of benzene rings is 1. The highest BCUT2D eigenvalue weighted by Crippen LogP contribution is 2.29. The lowest BCUT2D eigenvalue weighted by atomic mass is 10.1. The summed E-state index contributed by atoms with van der Waals surface area (Å²) in [4.78, 5) is 1.14. The molecule has 5 heteroatoms. The molecule has 2 rings (SSSR count). The predicted octanol–water partition coefficient (Wildman–Crippen LogP) is 3.71. The molecule has 0 bridgehead atoms. The van der Waals surface area contributed by atoms with Crippen LogP contribution in [0.3, 0.4) is 0 Å². The fraction of sp³-hybridized carbons (Fsp3) is 0.250. The lowest BCUT2D eigenvalue weighted by Gasteiger charge is -1.99. The first-order valence-corrected chi connectivity index (χ1v) is 6.47. The molecule has 0 aliphatic heterocycles. The maximum absolute atomic E-state index is 12.9. The summed E-state index contributed by atoms with van der Waals surface area (Å²) in [6.07, 6.45) is 0. The van der Waals surface area contributed by atoms with Crippen LogP contribution in [-0.4, -0.2) is 10.9 Å². The van der Waals surface area contributed by atoms with Crippen molar-refractivity contribution in [1.29, 1.82) is 0 Å². The Morgan fingerprint density at radius 3 is 2.94 bits per heavy atom. The molecule has 0 amide bonds. The molecular formula is C12H12ClFN2S. The van der Waals surface area contributed by atoms with Gasteiger partial charge in [-0.15, -0.1) is 0 Å². The second-order valence-corrected chi connectivity index (χ2v) is 4.88. The first-order valence-electron chi connectivity index (χ1n) is 5.32. The van der Waals surface area contributed by atoms with Crippen molar-refractivity contribution in [3.05, 3.63) is 40.0 Å². The van der Waals surface area contributed by atoms with Gasteiger partial charge in [0, 0.05) is 17.0 Å².